The van der Waals surface area contributed by atoms with Gasteiger partial charge < -0.3 is 20.1 Å². The first-order chi connectivity index (χ1) is 12.8. The first-order valence-electron chi connectivity index (χ1n) is 10.9. The molecule has 0 aliphatic heterocycles. The maximum atomic E-state index is 12.0. The molecule has 0 unspecified atom stereocenters. The van der Waals surface area contributed by atoms with Crippen LogP contribution in [0.3, 0.4) is 0 Å². The normalized spacial score (nSPS) is 21.9. The fourth-order valence-corrected chi connectivity index (χ4v) is 11.7. The summed E-state index contributed by atoms with van der Waals surface area (Å²) in [6.45, 7) is 0. The van der Waals surface area contributed by atoms with Crippen molar-refractivity contribution in [3.8, 4) is 0 Å². The maximum Gasteiger partial charge on any atom is 0.197 e. The van der Waals surface area contributed by atoms with Gasteiger partial charge in [-0.05, 0) is 16.6 Å². The molecule has 4 N–H and O–H groups in total. The average molecular weight is 439 g/mol. The first-order valence-corrected chi connectivity index (χ1v) is 13.1. The van der Waals surface area contributed by atoms with Gasteiger partial charge in [-0.1, -0.05) is 96.3 Å². The van der Waals surface area contributed by atoms with Crippen LogP contribution in [-0.2, 0) is 21.7 Å². The number of aliphatic hydroxyl groups excluding tert-OH is 3. The van der Waals surface area contributed by atoms with Gasteiger partial charge in [0.1, 0.15) is 0 Å². The molecule has 6 heteroatoms. The SMILES string of the molecule is CO.CO.CO.O[Si](C1CCCCC1)(C1CCCCC1)C1CCCCC1.[Ti]. The van der Waals surface area contributed by atoms with Crippen molar-refractivity contribution in [3.63, 3.8) is 0 Å². The van der Waals surface area contributed by atoms with Gasteiger partial charge in [0, 0.05) is 43.0 Å². The summed E-state index contributed by atoms with van der Waals surface area (Å²) in [6.07, 6.45) is 20.9. The summed E-state index contributed by atoms with van der Waals surface area (Å²) in [5.74, 6) is 0. The topological polar surface area (TPSA) is 80.9 Å². The van der Waals surface area contributed by atoms with E-state index in [4.69, 9.17) is 15.3 Å². The van der Waals surface area contributed by atoms with Gasteiger partial charge in [-0.3, -0.25) is 0 Å². The van der Waals surface area contributed by atoms with Crippen LogP contribution in [0.5, 0.6) is 0 Å². The van der Waals surface area contributed by atoms with Crippen molar-refractivity contribution < 1.29 is 41.8 Å². The largest absolute Gasteiger partial charge is 0.431 e. The van der Waals surface area contributed by atoms with Crippen LogP contribution in [0.15, 0.2) is 0 Å². The molecule has 3 aliphatic rings. The molecule has 0 heterocycles. The molecule has 3 rings (SSSR count). The second kappa shape index (κ2) is 18.8. The zero-order chi connectivity index (χ0) is 19.8. The van der Waals surface area contributed by atoms with Gasteiger partial charge in [-0.2, -0.15) is 0 Å². The van der Waals surface area contributed by atoms with E-state index >= 15 is 0 Å². The summed E-state index contributed by atoms with van der Waals surface area (Å²) in [6, 6.07) is 0. The molecule has 3 aliphatic carbocycles. The molecule has 0 aromatic rings. The minimum Gasteiger partial charge on any atom is -0.431 e. The monoisotopic (exact) mass is 438 g/mol. The summed E-state index contributed by atoms with van der Waals surface area (Å²) < 4.78 is 0. The second-order valence-corrected chi connectivity index (χ2v) is 12.1. The quantitative estimate of drug-likeness (QED) is 0.480. The van der Waals surface area contributed by atoms with Crippen molar-refractivity contribution in [2.75, 3.05) is 21.3 Å². The third-order valence-electron chi connectivity index (χ3n) is 6.78. The number of hydrogen-bond acceptors (Lipinski definition) is 4. The molecule has 4 nitrogen and oxygen atoms in total. The molecule has 0 atom stereocenters. The van der Waals surface area contributed by atoms with Crippen LogP contribution in [0.1, 0.15) is 96.3 Å². The van der Waals surface area contributed by atoms with E-state index in [-0.39, 0.29) is 21.7 Å². The molecule has 0 aromatic carbocycles. The molecular weight excluding hydrogens is 392 g/mol. The van der Waals surface area contributed by atoms with Crippen LogP contribution >= 0.6 is 0 Å². The Morgan fingerprint density at radius 1 is 0.444 bits per heavy atom. The second-order valence-electron chi connectivity index (χ2n) is 7.89. The summed E-state index contributed by atoms with van der Waals surface area (Å²) in [5.41, 5.74) is 2.30. The van der Waals surface area contributed by atoms with Gasteiger partial charge >= 0.3 is 0 Å². The molecule has 0 spiro atoms. The molecule has 0 aromatic heterocycles. The summed E-state index contributed by atoms with van der Waals surface area (Å²) in [7, 11) is 0.953. The number of hydrogen-bond donors (Lipinski definition) is 4. The van der Waals surface area contributed by atoms with Crippen molar-refractivity contribution in [3.05, 3.63) is 0 Å². The summed E-state index contributed by atoms with van der Waals surface area (Å²) in [4.78, 5) is 12.0. The van der Waals surface area contributed by atoms with E-state index in [1.807, 2.05) is 0 Å². The van der Waals surface area contributed by atoms with E-state index in [1.54, 1.807) is 0 Å². The van der Waals surface area contributed by atoms with E-state index in [2.05, 4.69) is 0 Å². The minimum absolute atomic E-state index is 0. The molecular formula is C21H46O4SiTi. The van der Waals surface area contributed by atoms with Crippen molar-refractivity contribution in [2.45, 2.75) is 113 Å². The fraction of sp³-hybridized carbons (Fsp3) is 1.00. The Morgan fingerprint density at radius 2 is 0.630 bits per heavy atom. The van der Waals surface area contributed by atoms with Crippen LogP contribution in [0.25, 0.3) is 0 Å². The molecule has 0 amide bonds. The molecule has 3 saturated carbocycles. The van der Waals surface area contributed by atoms with Crippen molar-refractivity contribution in [2.24, 2.45) is 0 Å². The third kappa shape index (κ3) is 8.98. The standard InChI is InChI=1S/C18H34OSi.3CH4O.Ti/c19-20(16-10-4-1-5-11-16,17-12-6-2-7-13-17)18-14-8-3-9-15-18;3*1-2;/h16-19H,1-15H2;3*2H,1H3;. The average Bonchev–Trinajstić information content (AvgIpc) is 2.79. The zero-order valence-electron chi connectivity index (χ0n) is 18.1. The number of rotatable bonds is 3. The molecule has 0 radical (unpaired) electrons. The minimum atomic E-state index is -2.05. The van der Waals surface area contributed by atoms with Crippen LogP contribution < -0.4 is 0 Å². The Hall–Kier alpha value is 0.771. The predicted octanol–water partition coefficient (Wildman–Crippen LogP) is 4.75. The Kier molecular flexibility index (Phi) is 20.8. The van der Waals surface area contributed by atoms with Gasteiger partial charge in [-0.15, -0.1) is 0 Å². The van der Waals surface area contributed by atoms with Crippen LogP contribution in [0.4, 0.5) is 0 Å². The van der Waals surface area contributed by atoms with Gasteiger partial charge in [0.25, 0.3) is 0 Å². The van der Waals surface area contributed by atoms with Crippen LogP contribution in [0, 0.1) is 0 Å². The molecule has 0 saturated heterocycles. The van der Waals surface area contributed by atoms with Crippen molar-refractivity contribution in [1.29, 1.82) is 0 Å². The van der Waals surface area contributed by atoms with Crippen LogP contribution in [0.2, 0.25) is 16.6 Å². The third-order valence-corrected chi connectivity index (χ3v) is 12.4. The zero-order valence-corrected chi connectivity index (χ0v) is 20.7. The molecule has 27 heavy (non-hydrogen) atoms. The number of aliphatic hydroxyl groups is 3. The molecule has 162 valence electrons. The van der Waals surface area contributed by atoms with Gasteiger partial charge in [0.05, 0.1) is 0 Å². The summed E-state index contributed by atoms with van der Waals surface area (Å²) in [5, 5.41) is 21.0. The first kappa shape index (κ1) is 30.0. The Bertz CT molecular complexity index is 257. The molecule has 0 bridgehead atoms. The maximum absolute atomic E-state index is 12.0. The van der Waals surface area contributed by atoms with Crippen molar-refractivity contribution >= 4 is 8.32 Å². The summed E-state index contributed by atoms with van der Waals surface area (Å²) >= 11 is 0. The van der Waals surface area contributed by atoms with E-state index in [1.165, 1.54) is 96.3 Å². The predicted molar refractivity (Wildman–Crippen MR) is 113 cm³/mol. The Labute approximate surface area is 184 Å². The van der Waals surface area contributed by atoms with E-state index in [0.717, 1.165) is 38.0 Å². The van der Waals surface area contributed by atoms with Crippen molar-refractivity contribution in [1.82, 2.24) is 0 Å². The Morgan fingerprint density at radius 3 is 0.815 bits per heavy atom. The smallest absolute Gasteiger partial charge is 0.197 e. The Balaban J connectivity index is 0. The van der Waals surface area contributed by atoms with E-state index < -0.39 is 8.32 Å². The van der Waals surface area contributed by atoms with Gasteiger partial charge in [-0.25, -0.2) is 0 Å². The fourth-order valence-electron chi connectivity index (χ4n) is 5.70. The molecule has 3 fully saturated rings. The van der Waals surface area contributed by atoms with Crippen LogP contribution in [-0.4, -0.2) is 49.8 Å². The van der Waals surface area contributed by atoms with E-state index in [9.17, 15) is 4.80 Å². The van der Waals surface area contributed by atoms with E-state index in [0.29, 0.717) is 0 Å². The van der Waals surface area contributed by atoms with Gasteiger partial charge in [0.15, 0.2) is 8.32 Å². The van der Waals surface area contributed by atoms with Gasteiger partial charge in [0.2, 0.25) is 0 Å².